The number of amides is 1. The molecule has 1 aromatic heterocycles. The van der Waals surface area contributed by atoms with E-state index in [1.807, 2.05) is 30.3 Å². The fourth-order valence-electron chi connectivity index (χ4n) is 3.52. The molecule has 0 aliphatic heterocycles. The Kier molecular flexibility index (Phi) is 5.06. The Morgan fingerprint density at radius 2 is 1.84 bits per heavy atom. The number of aromatic nitrogens is 2. The smallest absolute Gasteiger partial charge is 0.416 e. The molecule has 0 aliphatic carbocycles. The Morgan fingerprint density at radius 1 is 1.09 bits per heavy atom. The lowest BCUT2D eigenvalue weighted by Gasteiger charge is -2.10. The summed E-state index contributed by atoms with van der Waals surface area (Å²) in [7, 11) is 1.67. The summed E-state index contributed by atoms with van der Waals surface area (Å²) in [6, 6.07) is 16.7. The van der Waals surface area contributed by atoms with E-state index in [0.29, 0.717) is 10.9 Å². The van der Waals surface area contributed by atoms with Gasteiger partial charge in [-0.1, -0.05) is 36.4 Å². The topological polar surface area (TPSA) is 90.9 Å². The van der Waals surface area contributed by atoms with Crippen molar-refractivity contribution in [3.63, 3.8) is 0 Å². The second-order valence-electron chi connectivity index (χ2n) is 7.02. The number of nitrogens with one attached hydrogen (secondary N) is 1. The number of carbonyl (C=O) groups excluding carboxylic acids is 1. The molecule has 9 heteroatoms. The van der Waals surface area contributed by atoms with E-state index in [4.69, 9.17) is 0 Å². The summed E-state index contributed by atoms with van der Waals surface area (Å²) < 4.78 is 40.3. The van der Waals surface area contributed by atoms with Crippen molar-refractivity contribution in [3.8, 4) is 6.07 Å². The molecular formula is C23H15F3N4O2. The number of halogens is 3. The monoisotopic (exact) mass is 436 g/mol. The summed E-state index contributed by atoms with van der Waals surface area (Å²) in [5.74, 6) is -1.72. The molecule has 0 atom stereocenters. The summed E-state index contributed by atoms with van der Waals surface area (Å²) >= 11 is 0. The van der Waals surface area contributed by atoms with Crippen molar-refractivity contribution in [2.75, 3.05) is 5.32 Å². The Bertz CT molecular complexity index is 1450. The number of anilines is 1. The van der Waals surface area contributed by atoms with Crippen LogP contribution >= 0.6 is 0 Å². The average molecular weight is 436 g/mol. The van der Waals surface area contributed by atoms with E-state index in [1.165, 1.54) is 10.7 Å². The molecule has 0 aliphatic rings. The van der Waals surface area contributed by atoms with Gasteiger partial charge in [-0.2, -0.15) is 23.5 Å². The zero-order valence-electron chi connectivity index (χ0n) is 16.6. The molecule has 6 nitrogen and oxygen atoms in total. The van der Waals surface area contributed by atoms with Crippen LogP contribution in [0, 0.1) is 11.3 Å². The minimum absolute atomic E-state index is 0.0176. The highest BCUT2D eigenvalue weighted by molar-refractivity contribution is 6.14. The van der Waals surface area contributed by atoms with E-state index in [1.54, 1.807) is 19.2 Å². The van der Waals surface area contributed by atoms with E-state index in [0.717, 1.165) is 29.0 Å². The largest absolute Gasteiger partial charge is 0.504 e. The van der Waals surface area contributed by atoms with Gasteiger partial charge < -0.3 is 10.4 Å². The molecule has 0 bridgehead atoms. The van der Waals surface area contributed by atoms with Crippen LogP contribution in [-0.4, -0.2) is 20.8 Å². The zero-order valence-corrected chi connectivity index (χ0v) is 16.6. The highest BCUT2D eigenvalue weighted by Crippen LogP contribution is 2.32. The van der Waals surface area contributed by atoms with E-state index in [2.05, 4.69) is 10.4 Å². The molecule has 0 saturated carbocycles. The van der Waals surface area contributed by atoms with Crippen LogP contribution in [0.4, 0.5) is 18.9 Å². The quantitative estimate of drug-likeness (QED) is 0.263. The predicted molar refractivity (Wildman–Crippen MR) is 113 cm³/mol. The molecule has 0 spiro atoms. The molecule has 1 heterocycles. The van der Waals surface area contributed by atoms with Crippen molar-refractivity contribution < 1.29 is 23.1 Å². The molecule has 1 amide bonds. The Hall–Kier alpha value is -4.32. The number of fused-ring (bicyclic) bond motifs is 3. The fourth-order valence-corrected chi connectivity index (χ4v) is 3.52. The minimum Gasteiger partial charge on any atom is -0.504 e. The number of alkyl halides is 3. The number of nitriles is 1. The van der Waals surface area contributed by atoms with E-state index >= 15 is 0 Å². The Morgan fingerprint density at radius 3 is 2.56 bits per heavy atom. The van der Waals surface area contributed by atoms with Crippen LogP contribution in [0.5, 0.6) is 0 Å². The molecule has 4 rings (SSSR count). The SMILES string of the molecule is Cn1nc(/C(O)=C(\C#N)C(=O)Nc2cccc(C(F)(F)F)c2)c2ccc3ccccc3c21. The lowest BCUT2D eigenvalue weighted by Crippen LogP contribution is -2.16. The van der Waals surface area contributed by atoms with Crippen LogP contribution in [0.15, 0.2) is 66.2 Å². The summed E-state index contributed by atoms with van der Waals surface area (Å²) in [5.41, 5.74) is -1.08. The van der Waals surface area contributed by atoms with Crippen molar-refractivity contribution in [3.05, 3.63) is 77.5 Å². The van der Waals surface area contributed by atoms with Crippen LogP contribution in [0.3, 0.4) is 0 Å². The molecule has 2 N–H and O–H groups in total. The van der Waals surface area contributed by atoms with Gasteiger partial charge in [0.2, 0.25) is 0 Å². The summed E-state index contributed by atoms with van der Waals surface area (Å²) in [5, 5.41) is 29.1. The molecule has 0 radical (unpaired) electrons. The van der Waals surface area contributed by atoms with Gasteiger partial charge in [-0.3, -0.25) is 9.48 Å². The number of aryl methyl sites for hydroxylation is 1. The minimum atomic E-state index is -4.59. The molecule has 0 fully saturated rings. The van der Waals surface area contributed by atoms with Crippen molar-refractivity contribution in [2.24, 2.45) is 7.05 Å². The predicted octanol–water partition coefficient (Wildman–Crippen LogP) is 5.18. The van der Waals surface area contributed by atoms with Crippen molar-refractivity contribution in [2.45, 2.75) is 6.18 Å². The van der Waals surface area contributed by atoms with Crippen molar-refractivity contribution in [1.29, 1.82) is 5.26 Å². The lowest BCUT2D eigenvalue weighted by atomic mass is 10.0. The maximum atomic E-state index is 12.9. The normalized spacial score (nSPS) is 12.5. The van der Waals surface area contributed by atoms with Crippen LogP contribution in [0.1, 0.15) is 11.3 Å². The van der Waals surface area contributed by atoms with Crippen LogP contribution in [0.25, 0.3) is 27.4 Å². The Balaban J connectivity index is 1.77. The number of aliphatic hydroxyl groups is 1. The van der Waals surface area contributed by atoms with Gasteiger partial charge in [0, 0.05) is 23.5 Å². The first-order valence-corrected chi connectivity index (χ1v) is 9.37. The molecular weight excluding hydrogens is 421 g/mol. The third-order valence-electron chi connectivity index (χ3n) is 4.98. The number of nitrogens with zero attached hydrogens (tertiary/aromatic N) is 3. The maximum absolute atomic E-state index is 12.9. The van der Waals surface area contributed by atoms with Gasteiger partial charge in [-0.25, -0.2) is 0 Å². The van der Waals surface area contributed by atoms with Gasteiger partial charge in [0.1, 0.15) is 11.8 Å². The molecule has 3 aromatic carbocycles. The second-order valence-corrected chi connectivity index (χ2v) is 7.02. The third-order valence-corrected chi connectivity index (χ3v) is 4.98. The first-order valence-electron chi connectivity index (χ1n) is 9.37. The summed E-state index contributed by atoms with van der Waals surface area (Å²) in [6.07, 6.45) is -4.59. The van der Waals surface area contributed by atoms with E-state index in [-0.39, 0.29) is 11.4 Å². The van der Waals surface area contributed by atoms with Crippen LogP contribution in [0.2, 0.25) is 0 Å². The average Bonchev–Trinajstić information content (AvgIpc) is 3.11. The van der Waals surface area contributed by atoms with Crippen LogP contribution < -0.4 is 5.32 Å². The molecule has 4 aromatic rings. The van der Waals surface area contributed by atoms with Crippen molar-refractivity contribution in [1.82, 2.24) is 9.78 Å². The number of hydrogen-bond acceptors (Lipinski definition) is 4. The number of benzene rings is 3. The molecule has 32 heavy (non-hydrogen) atoms. The Labute approximate surface area is 179 Å². The zero-order chi connectivity index (χ0) is 23.0. The van der Waals surface area contributed by atoms with Gasteiger partial charge in [0.15, 0.2) is 11.3 Å². The summed E-state index contributed by atoms with van der Waals surface area (Å²) in [4.78, 5) is 12.6. The second kappa shape index (κ2) is 7.74. The first kappa shape index (κ1) is 20.9. The standard InChI is InChI=1S/C23H15F3N4O2/c1-30-20-16-8-3-2-5-13(16)9-10-17(20)19(29-30)21(31)18(12-27)22(32)28-15-7-4-6-14(11-15)23(24,25)26/h2-11,31H,1H3,(H,28,32)/b21-18-. The lowest BCUT2D eigenvalue weighted by molar-refractivity contribution is -0.137. The fraction of sp³-hybridized carbons (Fsp3) is 0.0870. The molecule has 0 unspecified atom stereocenters. The number of carbonyl (C=O) groups is 1. The van der Waals surface area contributed by atoms with Gasteiger partial charge in [-0.15, -0.1) is 0 Å². The van der Waals surface area contributed by atoms with E-state index < -0.39 is 29.0 Å². The van der Waals surface area contributed by atoms with Crippen LogP contribution in [-0.2, 0) is 18.0 Å². The third kappa shape index (κ3) is 3.63. The number of aliphatic hydroxyl groups excluding tert-OH is 1. The van der Waals surface area contributed by atoms with Crippen molar-refractivity contribution >= 4 is 39.0 Å². The van der Waals surface area contributed by atoms with Gasteiger partial charge in [0.05, 0.1) is 11.1 Å². The highest BCUT2D eigenvalue weighted by Gasteiger charge is 2.30. The first-order chi connectivity index (χ1) is 15.2. The summed E-state index contributed by atoms with van der Waals surface area (Å²) in [6.45, 7) is 0. The number of hydrogen-bond donors (Lipinski definition) is 2. The van der Waals surface area contributed by atoms with Gasteiger partial charge in [-0.05, 0) is 29.7 Å². The van der Waals surface area contributed by atoms with Gasteiger partial charge in [0.25, 0.3) is 5.91 Å². The maximum Gasteiger partial charge on any atom is 0.416 e. The molecule has 0 saturated heterocycles. The van der Waals surface area contributed by atoms with Gasteiger partial charge >= 0.3 is 6.18 Å². The molecule has 160 valence electrons. The number of rotatable bonds is 3. The highest BCUT2D eigenvalue weighted by atomic mass is 19.4. The van der Waals surface area contributed by atoms with E-state index in [9.17, 15) is 28.3 Å².